The second-order valence-electron chi connectivity index (χ2n) is 5.75. The van der Waals surface area contributed by atoms with Gasteiger partial charge in [0.25, 0.3) is 0 Å². The Morgan fingerprint density at radius 1 is 0.815 bits per heavy atom. The molecule has 7 heteroatoms. The highest BCUT2D eigenvalue weighted by Crippen LogP contribution is 2.11. The third-order valence-electron chi connectivity index (χ3n) is 3.91. The van der Waals surface area contributed by atoms with Crippen molar-refractivity contribution in [3.05, 3.63) is 59.7 Å². The molecule has 0 saturated heterocycles. The molecule has 144 valence electrons. The highest BCUT2D eigenvalue weighted by molar-refractivity contribution is 5.86. The van der Waals surface area contributed by atoms with E-state index >= 15 is 0 Å². The molecule has 1 amide bonds. The van der Waals surface area contributed by atoms with Gasteiger partial charge in [0.05, 0.1) is 20.8 Å². The van der Waals surface area contributed by atoms with Crippen molar-refractivity contribution in [3.8, 4) is 11.5 Å². The Morgan fingerprint density at radius 3 is 1.74 bits per heavy atom. The standard InChI is InChI=1S/C20H26N4O3/c1-21-20(23-13-16-6-10-18(27-3)11-7-16)24-14-19(25)22-12-15-4-8-17(26-2)9-5-15/h4-11H,12-14H2,1-3H3,(H,22,25)(H2,21,23,24). The average Bonchev–Trinajstić information content (AvgIpc) is 2.73. The molecule has 0 aromatic heterocycles. The molecule has 2 aromatic rings. The van der Waals surface area contributed by atoms with E-state index in [1.807, 2.05) is 48.5 Å². The van der Waals surface area contributed by atoms with Crippen LogP contribution in [0.25, 0.3) is 0 Å². The molecule has 0 aliphatic carbocycles. The summed E-state index contributed by atoms with van der Waals surface area (Å²) < 4.78 is 10.3. The molecular formula is C20H26N4O3. The van der Waals surface area contributed by atoms with Crippen LogP contribution in [0.2, 0.25) is 0 Å². The summed E-state index contributed by atoms with van der Waals surface area (Å²) in [5.41, 5.74) is 2.09. The number of hydrogen-bond donors (Lipinski definition) is 3. The van der Waals surface area contributed by atoms with Crippen molar-refractivity contribution in [1.82, 2.24) is 16.0 Å². The van der Waals surface area contributed by atoms with Gasteiger partial charge in [-0.2, -0.15) is 0 Å². The van der Waals surface area contributed by atoms with Gasteiger partial charge in [-0.25, -0.2) is 0 Å². The quantitative estimate of drug-likeness (QED) is 0.486. The zero-order valence-corrected chi connectivity index (χ0v) is 15.9. The van der Waals surface area contributed by atoms with Crippen LogP contribution < -0.4 is 25.4 Å². The Balaban J connectivity index is 1.71. The van der Waals surface area contributed by atoms with Crippen LogP contribution >= 0.6 is 0 Å². The largest absolute Gasteiger partial charge is 0.497 e. The van der Waals surface area contributed by atoms with Gasteiger partial charge in [0.1, 0.15) is 11.5 Å². The Labute approximate surface area is 159 Å². The summed E-state index contributed by atoms with van der Waals surface area (Å²) in [5.74, 6) is 2.05. The molecule has 0 bridgehead atoms. The fourth-order valence-electron chi connectivity index (χ4n) is 2.32. The molecule has 0 fully saturated rings. The van der Waals surface area contributed by atoms with Gasteiger partial charge in [-0.15, -0.1) is 0 Å². The number of methoxy groups -OCH3 is 2. The third kappa shape index (κ3) is 6.89. The summed E-state index contributed by atoms with van der Waals surface area (Å²) >= 11 is 0. The molecule has 0 heterocycles. The van der Waals surface area contributed by atoms with Crippen molar-refractivity contribution in [2.24, 2.45) is 4.99 Å². The number of nitrogens with one attached hydrogen (secondary N) is 3. The maximum atomic E-state index is 12.0. The van der Waals surface area contributed by atoms with Gasteiger partial charge in [0.15, 0.2) is 5.96 Å². The van der Waals surface area contributed by atoms with Gasteiger partial charge in [0.2, 0.25) is 5.91 Å². The number of benzene rings is 2. The van der Waals surface area contributed by atoms with Gasteiger partial charge >= 0.3 is 0 Å². The summed E-state index contributed by atoms with van der Waals surface area (Å²) in [4.78, 5) is 16.1. The van der Waals surface area contributed by atoms with Crippen LogP contribution in [0.1, 0.15) is 11.1 Å². The van der Waals surface area contributed by atoms with Gasteiger partial charge in [-0.1, -0.05) is 24.3 Å². The first-order valence-electron chi connectivity index (χ1n) is 8.61. The van der Waals surface area contributed by atoms with Crippen LogP contribution in [0.3, 0.4) is 0 Å². The van der Waals surface area contributed by atoms with Gasteiger partial charge in [0, 0.05) is 20.1 Å². The minimum Gasteiger partial charge on any atom is -0.497 e. The van der Waals surface area contributed by atoms with E-state index in [4.69, 9.17) is 9.47 Å². The van der Waals surface area contributed by atoms with Crippen molar-refractivity contribution in [1.29, 1.82) is 0 Å². The van der Waals surface area contributed by atoms with Crippen molar-refractivity contribution >= 4 is 11.9 Å². The zero-order chi connectivity index (χ0) is 19.5. The summed E-state index contributed by atoms with van der Waals surface area (Å²) in [7, 11) is 4.93. The van der Waals surface area contributed by atoms with Gasteiger partial charge in [-0.3, -0.25) is 9.79 Å². The van der Waals surface area contributed by atoms with Crippen molar-refractivity contribution in [3.63, 3.8) is 0 Å². The van der Waals surface area contributed by atoms with Crippen molar-refractivity contribution in [2.45, 2.75) is 13.1 Å². The molecule has 0 spiro atoms. The predicted molar refractivity (Wildman–Crippen MR) is 106 cm³/mol. The average molecular weight is 370 g/mol. The highest BCUT2D eigenvalue weighted by Gasteiger charge is 2.04. The highest BCUT2D eigenvalue weighted by atomic mass is 16.5. The number of guanidine groups is 1. The number of nitrogens with zero attached hydrogens (tertiary/aromatic N) is 1. The molecule has 7 nitrogen and oxygen atoms in total. The van der Waals surface area contributed by atoms with E-state index in [1.54, 1.807) is 21.3 Å². The van der Waals surface area contributed by atoms with Gasteiger partial charge in [-0.05, 0) is 35.4 Å². The van der Waals surface area contributed by atoms with E-state index in [9.17, 15) is 4.79 Å². The minimum absolute atomic E-state index is 0.113. The first-order valence-corrected chi connectivity index (χ1v) is 8.61. The van der Waals surface area contributed by atoms with E-state index in [0.29, 0.717) is 19.0 Å². The number of amides is 1. The smallest absolute Gasteiger partial charge is 0.239 e. The lowest BCUT2D eigenvalue weighted by Crippen LogP contribution is -2.42. The van der Waals surface area contributed by atoms with Crippen LogP contribution in [-0.4, -0.2) is 39.7 Å². The molecular weight excluding hydrogens is 344 g/mol. The summed E-state index contributed by atoms with van der Waals surface area (Å²) in [5, 5.41) is 9.03. The van der Waals surface area contributed by atoms with E-state index in [-0.39, 0.29) is 12.5 Å². The van der Waals surface area contributed by atoms with E-state index < -0.39 is 0 Å². The molecule has 27 heavy (non-hydrogen) atoms. The lowest BCUT2D eigenvalue weighted by Gasteiger charge is -2.12. The number of hydrogen-bond acceptors (Lipinski definition) is 4. The summed E-state index contributed by atoms with van der Waals surface area (Å²) in [6.07, 6.45) is 0. The Morgan fingerprint density at radius 2 is 1.30 bits per heavy atom. The Hall–Kier alpha value is -3.22. The lowest BCUT2D eigenvalue weighted by atomic mass is 10.2. The fourth-order valence-corrected chi connectivity index (χ4v) is 2.32. The normalized spacial score (nSPS) is 10.9. The minimum atomic E-state index is -0.113. The number of carbonyl (C=O) groups excluding carboxylic acids is 1. The maximum absolute atomic E-state index is 12.0. The monoisotopic (exact) mass is 370 g/mol. The topological polar surface area (TPSA) is 84.0 Å². The van der Waals surface area contributed by atoms with Crippen LogP contribution in [0.15, 0.2) is 53.5 Å². The van der Waals surface area contributed by atoms with Crippen molar-refractivity contribution in [2.75, 3.05) is 27.8 Å². The van der Waals surface area contributed by atoms with Crippen LogP contribution in [0.4, 0.5) is 0 Å². The van der Waals surface area contributed by atoms with Crippen LogP contribution in [-0.2, 0) is 17.9 Å². The molecule has 2 aromatic carbocycles. The summed E-state index contributed by atoms with van der Waals surface area (Å²) in [6.45, 7) is 1.19. The van der Waals surface area contributed by atoms with Gasteiger partial charge < -0.3 is 25.4 Å². The van der Waals surface area contributed by atoms with E-state index in [2.05, 4.69) is 20.9 Å². The first-order chi connectivity index (χ1) is 13.1. The second-order valence-corrected chi connectivity index (χ2v) is 5.75. The number of rotatable bonds is 8. The number of aliphatic imine (C=N–C) groups is 1. The fraction of sp³-hybridized carbons (Fsp3) is 0.300. The Kier molecular flexibility index (Phi) is 7.96. The summed E-state index contributed by atoms with van der Waals surface area (Å²) in [6, 6.07) is 15.3. The maximum Gasteiger partial charge on any atom is 0.239 e. The lowest BCUT2D eigenvalue weighted by molar-refractivity contribution is -0.120. The van der Waals surface area contributed by atoms with Crippen LogP contribution in [0, 0.1) is 0 Å². The van der Waals surface area contributed by atoms with E-state index in [1.165, 1.54) is 0 Å². The Bertz CT molecular complexity index is 743. The molecule has 0 atom stereocenters. The second kappa shape index (κ2) is 10.7. The third-order valence-corrected chi connectivity index (χ3v) is 3.91. The van der Waals surface area contributed by atoms with E-state index in [0.717, 1.165) is 22.6 Å². The molecule has 0 radical (unpaired) electrons. The molecule has 0 aliphatic heterocycles. The molecule has 0 unspecified atom stereocenters. The zero-order valence-electron chi connectivity index (χ0n) is 15.9. The number of ether oxygens (including phenoxy) is 2. The first kappa shape index (κ1) is 20.1. The molecule has 2 rings (SSSR count). The molecule has 0 saturated carbocycles. The number of carbonyl (C=O) groups is 1. The van der Waals surface area contributed by atoms with Crippen molar-refractivity contribution < 1.29 is 14.3 Å². The SMILES string of the molecule is CN=C(NCC(=O)NCc1ccc(OC)cc1)NCc1ccc(OC)cc1. The molecule has 0 aliphatic rings. The van der Waals surface area contributed by atoms with Crippen LogP contribution in [0.5, 0.6) is 11.5 Å². The molecule has 3 N–H and O–H groups in total. The predicted octanol–water partition coefficient (Wildman–Crippen LogP) is 1.69.